The summed E-state index contributed by atoms with van der Waals surface area (Å²) in [6, 6.07) is 11.0. The number of hydrogen-bond acceptors (Lipinski definition) is 5. The normalized spacial score (nSPS) is 15.7. The summed E-state index contributed by atoms with van der Waals surface area (Å²) in [6.45, 7) is 3.42. The molecule has 1 N–H and O–H groups in total. The summed E-state index contributed by atoms with van der Waals surface area (Å²) in [5, 5.41) is 0. The van der Waals surface area contributed by atoms with Gasteiger partial charge in [-0.2, -0.15) is 0 Å². The van der Waals surface area contributed by atoms with Crippen molar-refractivity contribution in [2.24, 2.45) is 0 Å². The fourth-order valence-electron chi connectivity index (χ4n) is 4.47. The van der Waals surface area contributed by atoms with Crippen LogP contribution in [0.15, 0.2) is 47.4 Å². The Bertz CT molecular complexity index is 1220. The van der Waals surface area contributed by atoms with Gasteiger partial charge >= 0.3 is 0 Å². The molecule has 0 saturated carbocycles. The largest absolute Gasteiger partial charge is 0.343 e. The van der Waals surface area contributed by atoms with Gasteiger partial charge in [-0.25, -0.2) is 8.42 Å². The zero-order valence-corrected chi connectivity index (χ0v) is 20.1. The van der Waals surface area contributed by atoms with Crippen LogP contribution in [0.1, 0.15) is 54.9 Å². The molecule has 0 unspecified atom stereocenters. The summed E-state index contributed by atoms with van der Waals surface area (Å²) >= 11 is 0. The van der Waals surface area contributed by atoms with E-state index in [1.807, 2.05) is 4.90 Å². The zero-order valence-electron chi connectivity index (χ0n) is 19.2. The third-order valence-corrected chi connectivity index (χ3v) is 7.72. The molecule has 2 aliphatic heterocycles. The van der Waals surface area contributed by atoms with Gasteiger partial charge < -0.3 is 9.80 Å². The number of Topliss-reactive ketones (excluding diaryl/α,β-unsaturated/α-hetero) is 1. The first-order valence-electron chi connectivity index (χ1n) is 11.6. The number of rotatable bonds is 7. The smallest absolute Gasteiger partial charge is 0.261 e. The average Bonchev–Trinajstić information content (AvgIpc) is 3.26. The van der Waals surface area contributed by atoms with E-state index in [0.717, 1.165) is 37.9 Å². The number of hydrogen-bond donors (Lipinski definition) is 1. The molecule has 4 rings (SSSR count). The molecule has 9 heteroatoms. The fraction of sp³-hybridized carbons (Fsp3) is 0.400. The van der Waals surface area contributed by atoms with Gasteiger partial charge in [0, 0.05) is 49.4 Å². The average molecular weight is 484 g/mol. The van der Waals surface area contributed by atoms with Crippen molar-refractivity contribution in [3.63, 3.8) is 0 Å². The number of nitrogens with zero attached hydrogens (tertiary/aromatic N) is 2. The number of amides is 2. The molecule has 0 atom stereocenters. The van der Waals surface area contributed by atoms with Crippen molar-refractivity contribution in [1.29, 1.82) is 0 Å². The Hall–Kier alpha value is -3.20. The standard InChI is InChI=1S/C25H29N3O5S/c1-18(29)19-6-5-7-21(16-19)26-34(32,33)22-8-9-23-20(17-22)12-15-28(23)25(31)11-10-24(30)27-13-3-2-4-14-27/h5-9,16-17,26H,2-4,10-15H2,1H3. The second-order valence-electron chi connectivity index (χ2n) is 8.77. The quantitative estimate of drug-likeness (QED) is 0.608. The van der Waals surface area contributed by atoms with E-state index in [2.05, 4.69) is 4.72 Å². The number of sulfonamides is 1. The van der Waals surface area contributed by atoms with Crippen LogP contribution in [0.25, 0.3) is 0 Å². The predicted octanol–water partition coefficient (Wildman–Crippen LogP) is 3.37. The lowest BCUT2D eigenvalue weighted by Gasteiger charge is -2.27. The van der Waals surface area contributed by atoms with Gasteiger partial charge in [0.05, 0.1) is 4.90 Å². The Balaban J connectivity index is 1.42. The minimum Gasteiger partial charge on any atom is -0.343 e. The maximum Gasteiger partial charge on any atom is 0.261 e. The lowest BCUT2D eigenvalue weighted by Crippen LogP contribution is -2.37. The minimum atomic E-state index is -3.86. The summed E-state index contributed by atoms with van der Waals surface area (Å²) in [5.41, 5.74) is 2.19. The van der Waals surface area contributed by atoms with Gasteiger partial charge in [0.1, 0.15) is 0 Å². The summed E-state index contributed by atoms with van der Waals surface area (Å²) in [7, 11) is -3.86. The van der Waals surface area contributed by atoms with E-state index >= 15 is 0 Å². The maximum atomic E-state index is 12.9. The molecule has 2 aromatic rings. The Morgan fingerprint density at radius 1 is 0.912 bits per heavy atom. The molecule has 2 amide bonds. The highest BCUT2D eigenvalue weighted by Gasteiger charge is 2.27. The molecule has 8 nitrogen and oxygen atoms in total. The number of benzene rings is 2. The van der Waals surface area contributed by atoms with Gasteiger partial charge in [0.25, 0.3) is 10.0 Å². The van der Waals surface area contributed by atoms with Crippen LogP contribution >= 0.6 is 0 Å². The molecular formula is C25H29N3O5S. The van der Waals surface area contributed by atoms with E-state index in [-0.39, 0.29) is 35.3 Å². The second-order valence-corrected chi connectivity index (χ2v) is 10.5. The molecule has 180 valence electrons. The summed E-state index contributed by atoms with van der Waals surface area (Å²) in [5.74, 6) is -0.256. The topological polar surface area (TPSA) is 104 Å². The highest BCUT2D eigenvalue weighted by molar-refractivity contribution is 7.92. The van der Waals surface area contributed by atoms with Gasteiger partial charge in [0.2, 0.25) is 11.8 Å². The van der Waals surface area contributed by atoms with E-state index < -0.39 is 10.0 Å². The van der Waals surface area contributed by atoms with E-state index in [1.54, 1.807) is 35.2 Å². The number of nitrogens with one attached hydrogen (secondary N) is 1. The summed E-state index contributed by atoms with van der Waals surface area (Å²) < 4.78 is 28.3. The van der Waals surface area contributed by atoms with Crippen LogP contribution < -0.4 is 9.62 Å². The first-order valence-corrected chi connectivity index (χ1v) is 13.1. The van der Waals surface area contributed by atoms with Gasteiger partial charge in [-0.1, -0.05) is 12.1 Å². The van der Waals surface area contributed by atoms with Crippen molar-refractivity contribution in [3.05, 3.63) is 53.6 Å². The number of ketones is 1. The molecule has 2 aliphatic rings. The first kappa shape index (κ1) is 23.9. The Labute approximate surface area is 200 Å². The van der Waals surface area contributed by atoms with E-state index in [0.29, 0.717) is 29.9 Å². The van der Waals surface area contributed by atoms with Crippen LogP contribution in [0.4, 0.5) is 11.4 Å². The predicted molar refractivity (Wildman–Crippen MR) is 129 cm³/mol. The van der Waals surface area contributed by atoms with Crippen molar-refractivity contribution in [2.45, 2.75) is 50.3 Å². The van der Waals surface area contributed by atoms with Crippen LogP contribution in [-0.2, 0) is 26.0 Å². The van der Waals surface area contributed by atoms with Crippen molar-refractivity contribution in [3.8, 4) is 0 Å². The van der Waals surface area contributed by atoms with E-state index in [1.165, 1.54) is 19.1 Å². The second kappa shape index (κ2) is 9.97. The number of carbonyl (C=O) groups excluding carboxylic acids is 3. The van der Waals surface area contributed by atoms with Crippen molar-refractivity contribution in [2.75, 3.05) is 29.3 Å². The zero-order chi connectivity index (χ0) is 24.3. The molecule has 0 aliphatic carbocycles. The molecular weight excluding hydrogens is 454 g/mol. The molecule has 0 spiro atoms. The van der Waals surface area contributed by atoms with E-state index in [9.17, 15) is 22.8 Å². The third-order valence-electron chi connectivity index (χ3n) is 6.34. The number of likely N-dealkylation sites (tertiary alicyclic amines) is 1. The molecule has 0 aromatic heterocycles. The van der Waals surface area contributed by atoms with Crippen LogP contribution in [0.3, 0.4) is 0 Å². The summed E-state index contributed by atoms with van der Waals surface area (Å²) in [6.07, 6.45) is 4.06. The highest BCUT2D eigenvalue weighted by atomic mass is 32.2. The van der Waals surface area contributed by atoms with Crippen LogP contribution in [-0.4, -0.2) is 50.5 Å². The molecule has 34 heavy (non-hydrogen) atoms. The SMILES string of the molecule is CC(=O)c1cccc(NS(=O)(=O)c2ccc3c(c2)CCN3C(=O)CCC(=O)N2CCCCC2)c1. The molecule has 0 bridgehead atoms. The Kier molecular flexibility index (Phi) is 7.02. The van der Waals surface area contributed by atoms with E-state index in [4.69, 9.17) is 0 Å². The fourth-order valence-corrected chi connectivity index (χ4v) is 5.57. The monoisotopic (exact) mass is 483 g/mol. The highest BCUT2D eigenvalue weighted by Crippen LogP contribution is 2.31. The molecule has 2 aromatic carbocycles. The Morgan fingerprint density at radius 3 is 2.38 bits per heavy atom. The van der Waals surface area contributed by atoms with Crippen molar-refractivity contribution >= 4 is 39.0 Å². The molecule has 1 saturated heterocycles. The maximum absolute atomic E-state index is 12.9. The minimum absolute atomic E-state index is 0.0221. The van der Waals surface area contributed by atoms with Crippen LogP contribution in [0.5, 0.6) is 0 Å². The number of carbonyl (C=O) groups is 3. The van der Waals surface area contributed by atoms with Gasteiger partial charge in [-0.15, -0.1) is 0 Å². The van der Waals surface area contributed by atoms with Crippen LogP contribution in [0, 0.1) is 0 Å². The first-order chi connectivity index (χ1) is 16.2. The van der Waals surface area contributed by atoms with Crippen molar-refractivity contribution in [1.82, 2.24) is 4.90 Å². The number of anilines is 2. The third kappa shape index (κ3) is 5.30. The lowest BCUT2D eigenvalue weighted by molar-refractivity contribution is -0.133. The number of piperidine rings is 1. The molecule has 2 heterocycles. The molecule has 1 fully saturated rings. The van der Waals surface area contributed by atoms with Crippen LogP contribution in [0.2, 0.25) is 0 Å². The summed E-state index contributed by atoms with van der Waals surface area (Å²) in [4.78, 5) is 40.3. The van der Waals surface area contributed by atoms with Gasteiger partial charge in [-0.05, 0) is 68.5 Å². The van der Waals surface area contributed by atoms with Gasteiger partial charge in [-0.3, -0.25) is 19.1 Å². The molecule has 0 radical (unpaired) electrons. The number of fused-ring (bicyclic) bond motifs is 1. The lowest BCUT2D eigenvalue weighted by atomic mass is 10.1. The Morgan fingerprint density at radius 2 is 1.65 bits per heavy atom. The van der Waals surface area contributed by atoms with Crippen molar-refractivity contribution < 1.29 is 22.8 Å². The van der Waals surface area contributed by atoms with Gasteiger partial charge in [0.15, 0.2) is 5.78 Å².